The first-order valence-electron chi connectivity index (χ1n) is 5.42. The van der Waals surface area contributed by atoms with Gasteiger partial charge in [0.1, 0.15) is 0 Å². The summed E-state index contributed by atoms with van der Waals surface area (Å²) in [6.07, 6.45) is 5.65. The molecule has 0 amide bonds. The standard InChI is InChI=1S/C13H21NO/c1-5-11(2)8-13(15)9-12(3)6-7-14(4)10-13/h6-7,12,15H,1,8-10H2,2-4H3. The van der Waals surface area contributed by atoms with E-state index in [9.17, 15) is 5.11 Å². The van der Waals surface area contributed by atoms with E-state index in [1.165, 1.54) is 0 Å². The van der Waals surface area contributed by atoms with Gasteiger partial charge < -0.3 is 10.0 Å². The summed E-state index contributed by atoms with van der Waals surface area (Å²) in [5, 5.41) is 10.5. The monoisotopic (exact) mass is 207 g/mol. The lowest BCUT2D eigenvalue weighted by Gasteiger charge is -2.31. The van der Waals surface area contributed by atoms with Gasteiger partial charge in [-0.05, 0) is 31.0 Å². The van der Waals surface area contributed by atoms with Gasteiger partial charge in [-0.3, -0.25) is 0 Å². The van der Waals surface area contributed by atoms with E-state index in [-0.39, 0.29) is 0 Å². The molecule has 0 aromatic carbocycles. The third kappa shape index (κ3) is 3.58. The largest absolute Gasteiger partial charge is 0.388 e. The lowest BCUT2D eigenvalue weighted by Crippen LogP contribution is -2.39. The van der Waals surface area contributed by atoms with Crippen LogP contribution in [0.3, 0.4) is 0 Å². The summed E-state index contributed by atoms with van der Waals surface area (Å²) in [4.78, 5) is 2.04. The van der Waals surface area contributed by atoms with Gasteiger partial charge in [0.2, 0.25) is 0 Å². The number of likely N-dealkylation sites (N-methyl/N-ethyl adjacent to an activating group) is 1. The lowest BCUT2D eigenvalue weighted by molar-refractivity contribution is 0.00881. The van der Waals surface area contributed by atoms with Crippen molar-refractivity contribution in [2.24, 2.45) is 5.92 Å². The highest BCUT2D eigenvalue weighted by atomic mass is 16.3. The average Bonchev–Trinajstić information content (AvgIpc) is 2.24. The second-order valence-corrected chi connectivity index (χ2v) is 4.80. The average molecular weight is 207 g/mol. The number of nitrogens with zero attached hydrogens (tertiary/aromatic N) is 1. The molecule has 0 radical (unpaired) electrons. The van der Waals surface area contributed by atoms with Gasteiger partial charge in [-0.2, -0.15) is 0 Å². The number of β-amino-alcohol motifs (C(OH)–C–C–N with tert-alkyl or cyclic N) is 1. The van der Waals surface area contributed by atoms with Crippen LogP contribution < -0.4 is 0 Å². The van der Waals surface area contributed by atoms with E-state index in [1.54, 1.807) is 0 Å². The van der Waals surface area contributed by atoms with Crippen molar-refractivity contribution in [3.63, 3.8) is 0 Å². The molecule has 0 fully saturated rings. The van der Waals surface area contributed by atoms with Crippen molar-refractivity contribution in [2.45, 2.75) is 32.3 Å². The van der Waals surface area contributed by atoms with E-state index in [1.807, 2.05) is 18.9 Å². The fourth-order valence-electron chi connectivity index (χ4n) is 2.23. The number of rotatable bonds is 2. The van der Waals surface area contributed by atoms with E-state index >= 15 is 0 Å². The molecular weight excluding hydrogens is 186 g/mol. The molecular formula is C13H21NO. The molecule has 2 atom stereocenters. The quantitative estimate of drug-likeness (QED) is 0.702. The summed E-state index contributed by atoms with van der Waals surface area (Å²) in [6, 6.07) is 0. The molecule has 2 heteroatoms. The molecule has 2 unspecified atom stereocenters. The molecule has 0 bridgehead atoms. The van der Waals surface area contributed by atoms with Crippen LogP contribution in [-0.4, -0.2) is 29.2 Å². The minimum Gasteiger partial charge on any atom is -0.388 e. The van der Waals surface area contributed by atoms with Crippen molar-refractivity contribution >= 4 is 0 Å². The SMILES string of the molecule is C=C=C(C)CC1(O)CC(C)C=CN(C)C1. The number of allylic oxidation sites excluding steroid dienone is 1. The normalized spacial score (nSPS) is 30.9. The Morgan fingerprint density at radius 3 is 3.00 bits per heavy atom. The zero-order valence-corrected chi connectivity index (χ0v) is 9.95. The maximum Gasteiger partial charge on any atom is 0.0869 e. The fraction of sp³-hybridized carbons (Fsp3) is 0.615. The molecule has 1 rings (SSSR count). The molecule has 1 aliphatic heterocycles. The molecule has 0 aromatic rings. The van der Waals surface area contributed by atoms with Crippen LogP contribution in [0.25, 0.3) is 0 Å². The van der Waals surface area contributed by atoms with Crippen molar-refractivity contribution in [2.75, 3.05) is 13.6 Å². The van der Waals surface area contributed by atoms with Gasteiger partial charge >= 0.3 is 0 Å². The van der Waals surface area contributed by atoms with Gasteiger partial charge in [0.25, 0.3) is 0 Å². The van der Waals surface area contributed by atoms with Crippen LogP contribution in [0.5, 0.6) is 0 Å². The summed E-state index contributed by atoms with van der Waals surface area (Å²) in [6.45, 7) is 8.39. The van der Waals surface area contributed by atoms with Crippen LogP contribution in [0.15, 0.2) is 30.2 Å². The summed E-state index contributed by atoms with van der Waals surface area (Å²) in [7, 11) is 1.99. The predicted molar refractivity (Wildman–Crippen MR) is 63.4 cm³/mol. The van der Waals surface area contributed by atoms with Crippen molar-refractivity contribution in [1.29, 1.82) is 0 Å². The highest BCUT2D eigenvalue weighted by Crippen LogP contribution is 2.28. The first-order chi connectivity index (χ1) is 6.95. The van der Waals surface area contributed by atoms with Crippen LogP contribution in [0, 0.1) is 5.92 Å². The molecule has 1 aliphatic rings. The third-order valence-electron chi connectivity index (χ3n) is 2.81. The number of aliphatic hydroxyl groups is 1. The minimum absolute atomic E-state index is 0.414. The number of hydrogen-bond acceptors (Lipinski definition) is 2. The zero-order valence-electron chi connectivity index (χ0n) is 9.95. The number of hydrogen-bond donors (Lipinski definition) is 1. The first kappa shape index (κ1) is 12.1. The fourth-order valence-corrected chi connectivity index (χ4v) is 2.23. The summed E-state index contributed by atoms with van der Waals surface area (Å²) >= 11 is 0. The maximum absolute atomic E-state index is 10.5. The van der Waals surface area contributed by atoms with Crippen molar-refractivity contribution in [3.8, 4) is 0 Å². The van der Waals surface area contributed by atoms with Crippen LogP contribution in [0.4, 0.5) is 0 Å². The van der Waals surface area contributed by atoms with Gasteiger partial charge in [-0.1, -0.05) is 19.6 Å². The Labute approximate surface area is 92.6 Å². The van der Waals surface area contributed by atoms with Crippen LogP contribution in [0.2, 0.25) is 0 Å². The molecule has 1 heterocycles. The minimum atomic E-state index is -0.646. The van der Waals surface area contributed by atoms with E-state index in [2.05, 4.69) is 31.5 Å². The predicted octanol–water partition coefficient (Wildman–Crippen LogP) is 2.32. The van der Waals surface area contributed by atoms with Crippen LogP contribution >= 0.6 is 0 Å². The Morgan fingerprint density at radius 1 is 1.73 bits per heavy atom. The highest BCUT2D eigenvalue weighted by Gasteiger charge is 2.31. The Kier molecular flexibility index (Phi) is 3.78. The van der Waals surface area contributed by atoms with Crippen molar-refractivity contribution < 1.29 is 5.11 Å². The topological polar surface area (TPSA) is 23.5 Å². The van der Waals surface area contributed by atoms with Crippen molar-refractivity contribution in [1.82, 2.24) is 4.90 Å². The summed E-state index contributed by atoms with van der Waals surface area (Å²) in [5.74, 6) is 0.414. The van der Waals surface area contributed by atoms with Gasteiger partial charge in [0.15, 0.2) is 0 Å². The molecule has 2 nitrogen and oxygen atoms in total. The van der Waals surface area contributed by atoms with Gasteiger partial charge in [-0.25, -0.2) is 0 Å². The van der Waals surface area contributed by atoms with E-state index in [0.717, 1.165) is 12.0 Å². The van der Waals surface area contributed by atoms with E-state index < -0.39 is 5.60 Å². The lowest BCUT2D eigenvalue weighted by atomic mass is 9.87. The second-order valence-electron chi connectivity index (χ2n) is 4.80. The summed E-state index contributed by atoms with van der Waals surface area (Å²) < 4.78 is 0. The molecule has 0 saturated carbocycles. The second kappa shape index (κ2) is 4.69. The molecule has 84 valence electrons. The maximum atomic E-state index is 10.5. The van der Waals surface area contributed by atoms with Crippen molar-refractivity contribution in [3.05, 3.63) is 30.2 Å². The summed E-state index contributed by atoms with van der Waals surface area (Å²) in [5.41, 5.74) is 3.24. The Balaban J connectivity index is 2.78. The zero-order chi connectivity index (χ0) is 11.5. The Morgan fingerprint density at radius 2 is 2.40 bits per heavy atom. The first-order valence-corrected chi connectivity index (χ1v) is 5.42. The molecule has 15 heavy (non-hydrogen) atoms. The van der Waals surface area contributed by atoms with E-state index in [0.29, 0.717) is 18.9 Å². The Bertz CT molecular complexity index is 286. The molecule has 1 N–H and O–H groups in total. The van der Waals surface area contributed by atoms with Gasteiger partial charge in [-0.15, -0.1) is 5.73 Å². The molecule has 0 spiro atoms. The highest BCUT2D eigenvalue weighted by molar-refractivity contribution is 5.06. The smallest absolute Gasteiger partial charge is 0.0869 e. The molecule has 0 aromatic heterocycles. The van der Waals surface area contributed by atoms with Crippen LogP contribution in [0.1, 0.15) is 26.7 Å². The van der Waals surface area contributed by atoms with Gasteiger partial charge in [0, 0.05) is 20.0 Å². The van der Waals surface area contributed by atoms with E-state index in [4.69, 9.17) is 0 Å². The Hall–Kier alpha value is -0.980. The van der Waals surface area contributed by atoms with Crippen LogP contribution in [-0.2, 0) is 0 Å². The third-order valence-corrected chi connectivity index (χ3v) is 2.81. The molecule has 0 saturated heterocycles. The molecule has 0 aliphatic carbocycles. The van der Waals surface area contributed by atoms with Gasteiger partial charge in [0.05, 0.1) is 5.60 Å².